The lowest BCUT2D eigenvalue weighted by atomic mass is 10.0. The van der Waals surface area contributed by atoms with Crippen LogP contribution >= 0.6 is 0 Å². The third-order valence-corrected chi connectivity index (χ3v) is 2.15. The zero-order chi connectivity index (χ0) is 9.68. The highest BCUT2D eigenvalue weighted by atomic mass is 16.1. The van der Waals surface area contributed by atoms with E-state index in [-0.39, 0.29) is 0 Å². The minimum absolute atomic E-state index is 0.534. The summed E-state index contributed by atoms with van der Waals surface area (Å²) in [4.78, 5) is 13.3. The van der Waals surface area contributed by atoms with Crippen LogP contribution in [0.15, 0.2) is 23.2 Å². The topological polar surface area (TPSA) is 29.4 Å². The van der Waals surface area contributed by atoms with Crippen LogP contribution in [-0.4, -0.2) is 12.6 Å². The second-order valence-corrected chi connectivity index (χ2v) is 3.14. The van der Waals surface area contributed by atoms with E-state index in [9.17, 15) is 4.79 Å². The summed E-state index contributed by atoms with van der Waals surface area (Å²) >= 11 is 0. The van der Waals surface area contributed by atoms with E-state index >= 15 is 0 Å². The molecule has 2 heteroatoms. The molecule has 0 amide bonds. The maximum Gasteiger partial charge on any atom is 0.234 e. The van der Waals surface area contributed by atoms with Gasteiger partial charge >= 0.3 is 0 Å². The van der Waals surface area contributed by atoms with E-state index in [1.165, 1.54) is 22.8 Å². The van der Waals surface area contributed by atoms with Crippen molar-refractivity contribution >= 4 is 6.08 Å². The normalized spacial score (nSPS) is 9.38. The van der Waals surface area contributed by atoms with Gasteiger partial charge in [0.15, 0.2) is 0 Å². The highest BCUT2D eigenvalue weighted by molar-refractivity contribution is 5.33. The van der Waals surface area contributed by atoms with Gasteiger partial charge in [-0.3, -0.25) is 0 Å². The predicted octanol–water partition coefficient (Wildman–Crippen LogP) is 2.18. The molecule has 1 aromatic rings. The number of hydrogen-bond donors (Lipinski definition) is 0. The van der Waals surface area contributed by atoms with E-state index in [0.29, 0.717) is 6.54 Å². The second kappa shape index (κ2) is 4.58. The summed E-state index contributed by atoms with van der Waals surface area (Å²) in [6.45, 7) is 4.70. The van der Waals surface area contributed by atoms with Crippen LogP contribution in [0.5, 0.6) is 0 Å². The molecule has 0 spiro atoms. The van der Waals surface area contributed by atoms with Gasteiger partial charge in [-0.25, -0.2) is 9.79 Å². The highest BCUT2D eigenvalue weighted by Crippen LogP contribution is 2.10. The molecule has 0 N–H and O–H groups in total. The van der Waals surface area contributed by atoms with Crippen molar-refractivity contribution in [2.45, 2.75) is 20.3 Å². The highest BCUT2D eigenvalue weighted by Gasteiger charge is 1.95. The predicted molar refractivity (Wildman–Crippen MR) is 52.6 cm³/mol. The fourth-order valence-electron chi connectivity index (χ4n) is 1.19. The van der Waals surface area contributed by atoms with E-state index in [0.717, 1.165) is 6.42 Å². The molecule has 2 nitrogen and oxygen atoms in total. The number of nitrogens with zero attached hydrogens (tertiary/aromatic N) is 1. The number of aliphatic imine (C=N–C) groups is 1. The van der Waals surface area contributed by atoms with Crippen LogP contribution < -0.4 is 0 Å². The Morgan fingerprint density at radius 1 is 1.31 bits per heavy atom. The molecule has 0 aliphatic heterocycles. The zero-order valence-electron chi connectivity index (χ0n) is 8.00. The van der Waals surface area contributed by atoms with Crippen LogP contribution in [0.4, 0.5) is 0 Å². The summed E-state index contributed by atoms with van der Waals surface area (Å²) in [6.07, 6.45) is 2.35. The molecule has 0 radical (unpaired) electrons. The Balaban J connectivity index is 2.68. The van der Waals surface area contributed by atoms with Crippen LogP contribution in [0.3, 0.4) is 0 Å². The Bertz CT molecular complexity index is 338. The molecule has 0 atom stereocenters. The summed E-state index contributed by atoms with van der Waals surface area (Å²) in [5, 5.41) is 0. The van der Waals surface area contributed by atoms with Crippen LogP contribution in [-0.2, 0) is 11.2 Å². The van der Waals surface area contributed by atoms with Crippen molar-refractivity contribution in [3.05, 3.63) is 34.9 Å². The molecule has 0 aliphatic carbocycles. The Kier molecular flexibility index (Phi) is 3.41. The van der Waals surface area contributed by atoms with Crippen LogP contribution in [0.25, 0.3) is 0 Å². The molecule has 0 aliphatic rings. The van der Waals surface area contributed by atoms with E-state index in [2.05, 4.69) is 37.0 Å². The monoisotopic (exact) mass is 175 g/mol. The van der Waals surface area contributed by atoms with Crippen LogP contribution in [0.2, 0.25) is 0 Å². The Morgan fingerprint density at radius 3 is 2.69 bits per heavy atom. The molecule has 0 saturated carbocycles. The van der Waals surface area contributed by atoms with Gasteiger partial charge in [0, 0.05) is 0 Å². The first-order valence-electron chi connectivity index (χ1n) is 4.34. The molecule has 0 unspecified atom stereocenters. The van der Waals surface area contributed by atoms with Gasteiger partial charge in [-0.05, 0) is 37.0 Å². The van der Waals surface area contributed by atoms with Gasteiger partial charge in [-0.15, -0.1) is 0 Å². The van der Waals surface area contributed by atoms with Crippen molar-refractivity contribution in [3.63, 3.8) is 0 Å². The summed E-state index contributed by atoms with van der Waals surface area (Å²) in [5.41, 5.74) is 3.80. The standard InChI is InChI=1S/C11H13NO/c1-9-3-4-11(7-10(9)2)5-6-12-8-13/h3-4,7H,5-6H2,1-2H3. The summed E-state index contributed by atoms with van der Waals surface area (Å²) < 4.78 is 0. The smallest absolute Gasteiger partial charge is 0.211 e. The third-order valence-electron chi connectivity index (χ3n) is 2.15. The molecule has 13 heavy (non-hydrogen) atoms. The van der Waals surface area contributed by atoms with Gasteiger partial charge in [0.1, 0.15) is 0 Å². The van der Waals surface area contributed by atoms with Crippen molar-refractivity contribution < 1.29 is 4.79 Å². The van der Waals surface area contributed by atoms with E-state index in [1.54, 1.807) is 0 Å². The summed E-state index contributed by atoms with van der Waals surface area (Å²) in [5.74, 6) is 0. The Hall–Kier alpha value is -1.40. The number of isocyanates is 1. The lowest BCUT2D eigenvalue weighted by Crippen LogP contribution is -1.91. The fourth-order valence-corrected chi connectivity index (χ4v) is 1.19. The molecule has 0 bridgehead atoms. The number of carbonyl (C=O) groups excluding carboxylic acids is 1. The van der Waals surface area contributed by atoms with Crippen molar-refractivity contribution in [2.24, 2.45) is 4.99 Å². The van der Waals surface area contributed by atoms with Crippen molar-refractivity contribution in [3.8, 4) is 0 Å². The SMILES string of the molecule is Cc1ccc(CCN=C=O)cc1C. The van der Waals surface area contributed by atoms with Crippen LogP contribution in [0.1, 0.15) is 16.7 Å². The van der Waals surface area contributed by atoms with Gasteiger partial charge in [0.2, 0.25) is 6.08 Å². The molecule has 0 aromatic heterocycles. The second-order valence-electron chi connectivity index (χ2n) is 3.14. The summed E-state index contributed by atoms with van der Waals surface area (Å²) in [6, 6.07) is 6.30. The molecular weight excluding hydrogens is 162 g/mol. The molecule has 1 rings (SSSR count). The number of rotatable bonds is 3. The fraction of sp³-hybridized carbons (Fsp3) is 0.364. The Morgan fingerprint density at radius 2 is 2.08 bits per heavy atom. The number of hydrogen-bond acceptors (Lipinski definition) is 2. The van der Waals surface area contributed by atoms with Gasteiger partial charge in [0.25, 0.3) is 0 Å². The molecule has 0 saturated heterocycles. The lowest BCUT2D eigenvalue weighted by Gasteiger charge is -2.02. The van der Waals surface area contributed by atoms with Gasteiger partial charge in [-0.1, -0.05) is 18.2 Å². The number of benzene rings is 1. The molecular formula is C11H13NO. The quantitative estimate of drug-likeness (QED) is 0.511. The average molecular weight is 175 g/mol. The minimum atomic E-state index is 0.534. The van der Waals surface area contributed by atoms with E-state index in [4.69, 9.17) is 0 Å². The first-order chi connectivity index (χ1) is 6.24. The lowest BCUT2D eigenvalue weighted by molar-refractivity contribution is 0.563. The van der Waals surface area contributed by atoms with Crippen molar-refractivity contribution in [1.82, 2.24) is 0 Å². The maximum atomic E-state index is 9.82. The van der Waals surface area contributed by atoms with Gasteiger partial charge < -0.3 is 0 Å². The first-order valence-corrected chi connectivity index (χ1v) is 4.34. The van der Waals surface area contributed by atoms with Crippen molar-refractivity contribution in [2.75, 3.05) is 6.54 Å². The van der Waals surface area contributed by atoms with Gasteiger partial charge in [0.05, 0.1) is 6.54 Å². The van der Waals surface area contributed by atoms with Crippen LogP contribution in [0, 0.1) is 13.8 Å². The minimum Gasteiger partial charge on any atom is -0.211 e. The van der Waals surface area contributed by atoms with E-state index < -0.39 is 0 Å². The third kappa shape index (κ3) is 2.85. The molecule has 1 aromatic carbocycles. The average Bonchev–Trinajstić information content (AvgIpc) is 2.12. The zero-order valence-corrected chi connectivity index (χ0v) is 8.00. The first kappa shape index (κ1) is 9.69. The summed E-state index contributed by atoms with van der Waals surface area (Å²) in [7, 11) is 0. The Labute approximate surface area is 78.3 Å². The maximum absolute atomic E-state index is 9.82. The van der Waals surface area contributed by atoms with Gasteiger partial charge in [-0.2, -0.15) is 0 Å². The molecule has 68 valence electrons. The number of aryl methyl sites for hydroxylation is 2. The molecule has 0 heterocycles. The molecule has 0 fully saturated rings. The van der Waals surface area contributed by atoms with E-state index in [1.807, 2.05) is 0 Å². The van der Waals surface area contributed by atoms with Crippen molar-refractivity contribution in [1.29, 1.82) is 0 Å². The largest absolute Gasteiger partial charge is 0.234 e.